The molecule has 2 aromatic carbocycles. The lowest BCUT2D eigenvalue weighted by Gasteiger charge is -2.14. The number of nitrogens with one attached hydrogen (secondary N) is 1. The summed E-state index contributed by atoms with van der Waals surface area (Å²) in [5.74, 6) is 1.05. The number of amides is 1. The fraction of sp³-hybridized carbons (Fsp3) is 0.273. The molecule has 31 heavy (non-hydrogen) atoms. The van der Waals surface area contributed by atoms with Crippen molar-refractivity contribution in [3.63, 3.8) is 0 Å². The number of benzene rings is 2. The number of carbonyl (C=O) groups is 1. The highest BCUT2D eigenvalue weighted by Gasteiger charge is 2.19. The van der Waals surface area contributed by atoms with Crippen LogP contribution in [0.25, 0.3) is 16.6 Å². The number of rotatable bonds is 5. The van der Waals surface area contributed by atoms with E-state index in [-0.39, 0.29) is 12.5 Å². The topological polar surface area (TPSA) is 99.8 Å². The van der Waals surface area contributed by atoms with Gasteiger partial charge >= 0.3 is 5.69 Å². The van der Waals surface area contributed by atoms with E-state index in [1.807, 2.05) is 32.0 Å². The molecule has 0 atom stereocenters. The van der Waals surface area contributed by atoms with E-state index in [9.17, 15) is 9.59 Å². The van der Waals surface area contributed by atoms with E-state index in [0.717, 1.165) is 11.1 Å². The standard InChI is InChI=1S/C22H23N5O4/c1-12-6-7-15(8-13(12)2)24-20(28)11-26-17-10-19(31-5)18(30-4)9-16(17)21-23-14(3)25-27(21)22(26)29/h6-10H,11H2,1-5H3,(H,24,28). The van der Waals surface area contributed by atoms with E-state index < -0.39 is 5.69 Å². The van der Waals surface area contributed by atoms with Crippen LogP contribution in [-0.2, 0) is 11.3 Å². The van der Waals surface area contributed by atoms with Crippen molar-refractivity contribution >= 4 is 28.1 Å². The maximum atomic E-state index is 13.2. The second-order valence-electron chi connectivity index (χ2n) is 7.33. The molecule has 0 saturated heterocycles. The second kappa shape index (κ2) is 7.75. The molecule has 160 valence electrons. The summed E-state index contributed by atoms with van der Waals surface area (Å²) in [6.07, 6.45) is 0. The number of carbonyl (C=O) groups excluding carboxylic acids is 1. The molecule has 9 heteroatoms. The zero-order valence-electron chi connectivity index (χ0n) is 18.0. The van der Waals surface area contributed by atoms with Crippen LogP contribution in [0.15, 0.2) is 35.1 Å². The van der Waals surface area contributed by atoms with Crippen molar-refractivity contribution in [2.24, 2.45) is 0 Å². The van der Waals surface area contributed by atoms with E-state index in [1.54, 1.807) is 19.1 Å². The third kappa shape index (κ3) is 3.58. The van der Waals surface area contributed by atoms with Gasteiger partial charge in [0.1, 0.15) is 12.4 Å². The molecule has 4 rings (SSSR count). The van der Waals surface area contributed by atoms with Crippen molar-refractivity contribution in [2.45, 2.75) is 27.3 Å². The Hall–Kier alpha value is -3.88. The number of anilines is 1. The van der Waals surface area contributed by atoms with Gasteiger partial charge < -0.3 is 14.8 Å². The molecule has 0 bridgehead atoms. The highest BCUT2D eigenvalue weighted by Crippen LogP contribution is 2.33. The van der Waals surface area contributed by atoms with E-state index in [0.29, 0.717) is 39.6 Å². The first-order valence-electron chi connectivity index (χ1n) is 9.71. The summed E-state index contributed by atoms with van der Waals surface area (Å²) in [4.78, 5) is 30.4. The van der Waals surface area contributed by atoms with Crippen LogP contribution in [0.5, 0.6) is 11.5 Å². The maximum absolute atomic E-state index is 13.2. The first-order chi connectivity index (χ1) is 14.8. The molecule has 0 aliphatic carbocycles. The van der Waals surface area contributed by atoms with Gasteiger partial charge in [-0.2, -0.15) is 4.52 Å². The molecule has 0 fully saturated rings. The zero-order chi connectivity index (χ0) is 22.3. The number of fused-ring (bicyclic) bond motifs is 3. The first-order valence-corrected chi connectivity index (χ1v) is 9.71. The Labute approximate surface area is 178 Å². The molecule has 9 nitrogen and oxygen atoms in total. The average molecular weight is 421 g/mol. The van der Waals surface area contributed by atoms with E-state index >= 15 is 0 Å². The van der Waals surface area contributed by atoms with Gasteiger partial charge in [0.2, 0.25) is 5.91 Å². The Kier molecular flexibility index (Phi) is 5.10. The molecule has 0 aliphatic heterocycles. The molecule has 2 aromatic heterocycles. The number of hydrogen-bond acceptors (Lipinski definition) is 6. The summed E-state index contributed by atoms with van der Waals surface area (Å²) < 4.78 is 13.4. The van der Waals surface area contributed by atoms with Crippen LogP contribution < -0.4 is 20.5 Å². The van der Waals surface area contributed by atoms with Gasteiger partial charge in [-0.25, -0.2) is 9.78 Å². The number of hydrogen-bond donors (Lipinski definition) is 1. The molecule has 0 radical (unpaired) electrons. The fourth-order valence-corrected chi connectivity index (χ4v) is 3.53. The van der Waals surface area contributed by atoms with Crippen LogP contribution in [0.2, 0.25) is 0 Å². The van der Waals surface area contributed by atoms with E-state index in [4.69, 9.17) is 9.47 Å². The van der Waals surface area contributed by atoms with Crippen molar-refractivity contribution in [3.05, 3.63) is 57.8 Å². The number of aromatic nitrogens is 4. The van der Waals surface area contributed by atoms with Crippen LogP contribution in [0.4, 0.5) is 5.69 Å². The van der Waals surface area contributed by atoms with Crippen molar-refractivity contribution < 1.29 is 14.3 Å². The molecular weight excluding hydrogens is 398 g/mol. The predicted octanol–water partition coefficient (Wildman–Crippen LogP) is 2.63. The Morgan fingerprint density at radius 1 is 1.03 bits per heavy atom. The van der Waals surface area contributed by atoms with Crippen molar-refractivity contribution in [1.82, 2.24) is 19.2 Å². The summed E-state index contributed by atoms with van der Waals surface area (Å²) in [6, 6.07) is 9.07. The summed E-state index contributed by atoms with van der Waals surface area (Å²) in [5.41, 5.74) is 3.29. The van der Waals surface area contributed by atoms with Gasteiger partial charge in [0.25, 0.3) is 0 Å². The lowest BCUT2D eigenvalue weighted by Crippen LogP contribution is -2.32. The number of aryl methyl sites for hydroxylation is 3. The smallest absolute Gasteiger partial charge is 0.351 e. The van der Waals surface area contributed by atoms with Gasteiger partial charge in [0.15, 0.2) is 17.1 Å². The maximum Gasteiger partial charge on any atom is 0.351 e. The van der Waals surface area contributed by atoms with Crippen LogP contribution in [0.1, 0.15) is 17.0 Å². The molecule has 0 aliphatic rings. The van der Waals surface area contributed by atoms with Crippen molar-refractivity contribution in [2.75, 3.05) is 19.5 Å². The van der Waals surface area contributed by atoms with Crippen LogP contribution >= 0.6 is 0 Å². The Morgan fingerprint density at radius 3 is 2.42 bits per heavy atom. The predicted molar refractivity (Wildman–Crippen MR) is 117 cm³/mol. The van der Waals surface area contributed by atoms with Crippen LogP contribution in [0, 0.1) is 20.8 Å². The molecule has 2 heterocycles. The summed E-state index contributed by atoms with van der Waals surface area (Å²) in [5, 5.41) is 7.68. The van der Waals surface area contributed by atoms with Gasteiger partial charge in [-0.05, 0) is 50.1 Å². The zero-order valence-corrected chi connectivity index (χ0v) is 18.0. The second-order valence-corrected chi connectivity index (χ2v) is 7.33. The van der Waals surface area contributed by atoms with Crippen LogP contribution in [0.3, 0.4) is 0 Å². The monoisotopic (exact) mass is 421 g/mol. The van der Waals surface area contributed by atoms with Gasteiger partial charge in [-0.15, -0.1) is 5.10 Å². The minimum atomic E-state index is -0.467. The normalized spacial score (nSPS) is 11.1. The Balaban J connectivity index is 1.85. The summed E-state index contributed by atoms with van der Waals surface area (Å²) in [7, 11) is 3.04. The average Bonchev–Trinajstić information content (AvgIpc) is 3.14. The van der Waals surface area contributed by atoms with E-state index in [2.05, 4.69) is 15.4 Å². The van der Waals surface area contributed by atoms with Gasteiger partial charge in [-0.3, -0.25) is 9.36 Å². The lowest BCUT2D eigenvalue weighted by atomic mass is 10.1. The van der Waals surface area contributed by atoms with Gasteiger partial charge in [0.05, 0.1) is 19.7 Å². The van der Waals surface area contributed by atoms with E-state index in [1.165, 1.54) is 23.3 Å². The molecule has 1 N–H and O–H groups in total. The molecule has 1 amide bonds. The first kappa shape index (κ1) is 20.4. The van der Waals surface area contributed by atoms with Gasteiger partial charge in [0, 0.05) is 17.1 Å². The fourth-order valence-electron chi connectivity index (χ4n) is 3.53. The quantitative estimate of drug-likeness (QED) is 0.532. The number of ether oxygens (including phenoxy) is 2. The SMILES string of the molecule is COc1cc2c(cc1OC)n(CC(=O)Nc1ccc(C)c(C)c1)c(=O)n1nc(C)nc21. The number of methoxy groups -OCH3 is 2. The molecule has 0 spiro atoms. The minimum Gasteiger partial charge on any atom is -0.493 e. The van der Waals surface area contributed by atoms with Crippen molar-refractivity contribution in [3.8, 4) is 11.5 Å². The number of nitrogens with zero attached hydrogens (tertiary/aromatic N) is 4. The van der Waals surface area contributed by atoms with Crippen molar-refractivity contribution in [1.29, 1.82) is 0 Å². The molecule has 0 unspecified atom stereocenters. The molecule has 0 saturated carbocycles. The summed E-state index contributed by atoms with van der Waals surface area (Å²) >= 11 is 0. The minimum absolute atomic E-state index is 0.202. The van der Waals surface area contributed by atoms with Gasteiger partial charge in [-0.1, -0.05) is 6.07 Å². The Morgan fingerprint density at radius 2 is 1.74 bits per heavy atom. The summed E-state index contributed by atoms with van der Waals surface area (Å²) in [6.45, 7) is 5.48. The molecular formula is C22H23N5O4. The highest BCUT2D eigenvalue weighted by atomic mass is 16.5. The largest absolute Gasteiger partial charge is 0.493 e. The third-order valence-corrected chi connectivity index (χ3v) is 5.25. The lowest BCUT2D eigenvalue weighted by molar-refractivity contribution is -0.116. The van der Waals surface area contributed by atoms with Crippen LogP contribution in [-0.4, -0.2) is 39.3 Å². The highest BCUT2D eigenvalue weighted by molar-refractivity contribution is 5.96. The third-order valence-electron chi connectivity index (χ3n) is 5.25. The Bertz CT molecular complexity index is 1390. The molecule has 4 aromatic rings.